The van der Waals surface area contributed by atoms with Gasteiger partial charge < -0.3 is 9.84 Å². The van der Waals surface area contributed by atoms with Crippen molar-refractivity contribution in [1.82, 2.24) is 0 Å². The first-order valence-electron chi connectivity index (χ1n) is 5.13. The Morgan fingerprint density at radius 2 is 1.44 bits per heavy atom. The lowest BCUT2D eigenvalue weighted by Gasteiger charge is -1.95. The molecule has 0 bridgehead atoms. The molecule has 0 radical (unpaired) electrons. The van der Waals surface area contributed by atoms with Crippen molar-refractivity contribution in [3.05, 3.63) is 60.7 Å². The van der Waals surface area contributed by atoms with Crippen LogP contribution >= 0.6 is 0 Å². The van der Waals surface area contributed by atoms with Crippen molar-refractivity contribution >= 4 is 11.8 Å². The third kappa shape index (κ3) is 5.53. The van der Waals surface area contributed by atoms with Gasteiger partial charge >= 0.3 is 6.16 Å². The highest BCUT2D eigenvalue weighted by atomic mass is 16.7. The number of ether oxygens (including phenoxy) is 1. The molecule has 0 atom stereocenters. The summed E-state index contributed by atoms with van der Waals surface area (Å²) < 4.78 is 4.33. The number of rotatable bonds is 2. The lowest BCUT2D eigenvalue weighted by atomic mass is 10.3. The summed E-state index contributed by atoms with van der Waals surface area (Å²) >= 11 is 0. The Bertz CT molecular complexity index is 459. The molecule has 0 amide bonds. The monoisotopic (exact) mass is 247 g/mol. The van der Waals surface area contributed by atoms with E-state index in [1.807, 2.05) is 23.7 Å². The van der Waals surface area contributed by atoms with Crippen LogP contribution in [0.15, 0.2) is 60.7 Å². The van der Waals surface area contributed by atoms with Crippen molar-refractivity contribution in [3.63, 3.8) is 0 Å². The fourth-order valence-electron chi connectivity index (χ4n) is 1.10. The molecule has 18 heavy (non-hydrogen) atoms. The average Bonchev–Trinajstić information content (AvgIpc) is 2.41. The summed E-state index contributed by atoms with van der Waals surface area (Å²) in [7, 11) is 0. The molecule has 0 fully saturated rings. The fourth-order valence-corrected chi connectivity index (χ4v) is 1.10. The second kappa shape index (κ2) is 7.70. The Morgan fingerprint density at radius 1 is 0.944 bits per heavy atom. The zero-order chi connectivity index (χ0) is 13.2. The average molecular weight is 247 g/mol. The number of para-hydroxylation sites is 2. The van der Waals surface area contributed by atoms with Gasteiger partial charge in [-0.2, -0.15) is 0 Å². The van der Waals surface area contributed by atoms with Gasteiger partial charge in [0.05, 0.1) is 5.69 Å². The summed E-state index contributed by atoms with van der Waals surface area (Å²) in [6, 6.07) is 17.5. The molecule has 5 heteroatoms. The van der Waals surface area contributed by atoms with Crippen LogP contribution in [-0.4, -0.2) is 16.5 Å². The molecule has 2 aromatic rings. The number of nitrogens with one attached hydrogen (secondary N) is 1. The molecule has 0 spiro atoms. The van der Waals surface area contributed by atoms with Gasteiger partial charge in [0.1, 0.15) is 5.75 Å². The lowest BCUT2D eigenvalue weighted by Crippen LogP contribution is -2.02. The summed E-state index contributed by atoms with van der Waals surface area (Å²) in [6.45, 7) is 0. The molecule has 0 aliphatic carbocycles. The molecule has 0 saturated carbocycles. The van der Waals surface area contributed by atoms with E-state index in [0.29, 0.717) is 11.4 Å². The summed E-state index contributed by atoms with van der Waals surface area (Å²) in [5.41, 5.74) is 2.74. The van der Waals surface area contributed by atoms with Gasteiger partial charge in [-0.15, -0.1) is 0 Å². The van der Waals surface area contributed by atoms with Crippen LogP contribution in [-0.2, 0) is 0 Å². The van der Waals surface area contributed by atoms with Crippen LogP contribution in [0.2, 0.25) is 0 Å². The molecule has 0 heterocycles. The molecule has 94 valence electrons. The molecule has 0 aromatic heterocycles. The summed E-state index contributed by atoms with van der Waals surface area (Å²) in [6.07, 6.45) is -1.29. The van der Waals surface area contributed by atoms with Crippen molar-refractivity contribution in [2.24, 2.45) is 0 Å². The van der Waals surface area contributed by atoms with Gasteiger partial charge in [-0.1, -0.05) is 36.4 Å². The second-order valence-corrected chi connectivity index (χ2v) is 3.16. The highest BCUT2D eigenvalue weighted by Crippen LogP contribution is 2.07. The first-order chi connectivity index (χ1) is 8.72. The zero-order valence-corrected chi connectivity index (χ0v) is 9.48. The number of carboxylic acid groups (broad SMARTS) is 1. The Kier molecular flexibility index (Phi) is 5.79. The Balaban J connectivity index is 0.000000184. The maximum Gasteiger partial charge on any atom is 0.511 e. The third-order valence-electron chi connectivity index (χ3n) is 1.85. The quantitative estimate of drug-likeness (QED) is 0.431. The minimum atomic E-state index is -1.29. The van der Waals surface area contributed by atoms with Gasteiger partial charge in [0.25, 0.3) is 0 Å². The maximum absolute atomic E-state index is 9.95. The summed E-state index contributed by atoms with van der Waals surface area (Å²) in [5.74, 6) is 0.343. The number of hydrogen-bond donors (Lipinski definition) is 3. The van der Waals surface area contributed by atoms with Crippen molar-refractivity contribution in [1.29, 1.82) is 0 Å². The van der Waals surface area contributed by atoms with Gasteiger partial charge in [0.15, 0.2) is 0 Å². The maximum atomic E-state index is 9.95. The lowest BCUT2D eigenvalue weighted by molar-refractivity contribution is 0.144. The number of hydrogen-bond acceptors (Lipinski definition) is 4. The minimum Gasteiger partial charge on any atom is -0.449 e. The van der Waals surface area contributed by atoms with E-state index in [0.717, 1.165) is 0 Å². The highest BCUT2D eigenvalue weighted by Gasteiger charge is 1.96. The van der Waals surface area contributed by atoms with Crippen LogP contribution in [0.25, 0.3) is 0 Å². The number of benzene rings is 2. The zero-order valence-electron chi connectivity index (χ0n) is 9.48. The van der Waals surface area contributed by atoms with Crippen LogP contribution in [0.4, 0.5) is 10.5 Å². The van der Waals surface area contributed by atoms with Gasteiger partial charge in [-0.3, -0.25) is 10.7 Å². The topological polar surface area (TPSA) is 78.8 Å². The Morgan fingerprint density at radius 3 is 1.83 bits per heavy atom. The van der Waals surface area contributed by atoms with Gasteiger partial charge in [0.2, 0.25) is 0 Å². The van der Waals surface area contributed by atoms with Crippen LogP contribution in [0.1, 0.15) is 0 Å². The number of anilines is 1. The van der Waals surface area contributed by atoms with Crippen LogP contribution < -0.4 is 10.2 Å². The van der Waals surface area contributed by atoms with E-state index in [-0.39, 0.29) is 0 Å². The molecule has 5 nitrogen and oxygen atoms in total. The van der Waals surface area contributed by atoms with Crippen LogP contribution in [0, 0.1) is 0 Å². The number of carbonyl (C=O) groups is 1. The normalized spacial score (nSPS) is 8.72. The summed E-state index contributed by atoms with van der Waals surface area (Å²) in [4.78, 5) is 9.95. The molecule has 3 N–H and O–H groups in total. The first-order valence-corrected chi connectivity index (χ1v) is 5.13. The van der Waals surface area contributed by atoms with Crippen LogP contribution in [0.5, 0.6) is 5.75 Å². The highest BCUT2D eigenvalue weighted by molar-refractivity contribution is 5.60. The fraction of sp³-hybridized carbons (Fsp3) is 0. The minimum absolute atomic E-state index is 0.343. The van der Waals surface area contributed by atoms with Crippen LogP contribution in [0.3, 0.4) is 0 Å². The van der Waals surface area contributed by atoms with E-state index in [1.54, 1.807) is 42.5 Å². The van der Waals surface area contributed by atoms with E-state index in [4.69, 9.17) is 10.3 Å². The predicted molar refractivity (Wildman–Crippen MR) is 66.9 cm³/mol. The molecule has 0 unspecified atom stereocenters. The van der Waals surface area contributed by atoms with Gasteiger partial charge in [-0.05, 0) is 24.3 Å². The standard InChI is InChI=1S/C7H6O3.C6H7NO/c8-7(9)10-6-4-2-1-3-5-6;8-7-6-4-2-1-3-5-6/h1-5H,(H,8,9);1-5,7-8H. The molecule has 2 rings (SSSR count). The van der Waals surface area contributed by atoms with Crippen molar-refractivity contribution in [2.75, 3.05) is 5.48 Å². The van der Waals surface area contributed by atoms with Gasteiger partial charge in [-0.25, -0.2) is 4.79 Å². The summed E-state index contributed by atoms with van der Waals surface area (Å²) in [5, 5.41) is 16.4. The first kappa shape index (κ1) is 13.5. The van der Waals surface area contributed by atoms with E-state index in [2.05, 4.69) is 4.74 Å². The van der Waals surface area contributed by atoms with Crippen molar-refractivity contribution in [2.45, 2.75) is 0 Å². The third-order valence-corrected chi connectivity index (χ3v) is 1.85. The molecular weight excluding hydrogens is 234 g/mol. The predicted octanol–water partition coefficient (Wildman–Crippen LogP) is 3.23. The SMILES string of the molecule is O=C(O)Oc1ccccc1.ONc1ccccc1. The van der Waals surface area contributed by atoms with E-state index < -0.39 is 6.16 Å². The molecular formula is C13H13NO4. The largest absolute Gasteiger partial charge is 0.511 e. The molecule has 0 aliphatic rings. The van der Waals surface area contributed by atoms with Gasteiger partial charge in [0, 0.05) is 0 Å². The van der Waals surface area contributed by atoms with E-state index >= 15 is 0 Å². The van der Waals surface area contributed by atoms with Crippen molar-refractivity contribution in [3.8, 4) is 5.75 Å². The van der Waals surface area contributed by atoms with E-state index in [1.165, 1.54) is 0 Å². The molecule has 0 aliphatic heterocycles. The molecule has 2 aromatic carbocycles. The van der Waals surface area contributed by atoms with E-state index in [9.17, 15) is 4.79 Å². The Hall–Kier alpha value is -2.53. The molecule has 0 saturated heterocycles. The van der Waals surface area contributed by atoms with Crippen molar-refractivity contribution < 1.29 is 19.8 Å². The smallest absolute Gasteiger partial charge is 0.449 e. The second-order valence-electron chi connectivity index (χ2n) is 3.16. The Labute approximate surface area is 104 Å².